The van der Waals surface area contributed by atoms with Crippen LogP contribution in [0.1, 0.15) is 37.8 Å². The Kier molecular flexibility index (Phi) is 4.88. The molecule has 5 nitrogen and oxygen atoms in total. The molecule has 0 saturated carbocycles. The van der Waals surface area contributed by atoms with Crippen LogP contribution < -0.4 is 0 Å². The Hall–Kier alpha value is -1.90. The van der Waals surface area contributed by atoms with Gasteiger partial charge in [0.25, 0.3) is 5.91 Å². The minimum Gasteiger partial charge on any atom is -0.360 e. The number of morpholine rings is 1. The Morgan fingerprint density at radius 3 is 2.54 bits per heavy atom. The van der Waals surface area contributed by atoms with Gasteiger partial charge in [0.1, 0.15) is 6.10 Å². The first-order valence-corrected chi connectivity index (χ1v) is 8.73. The summed E-state index contributed by atoms with van der Waals surface area (Å²) in [4.78, 5) is 16.5. The average molecular weight is 327 g/mol. The summed E-state index contributed by atoms with van der Waals surface area (Å²) in [6.45, 7) is 8.21. The maximum absolute atomic E-state index is 12.1. The van der Waals surface area contributed by atoms with Gasteiger partial charge in [0.2, 0.25) is 0 Å². The number of likely N-dealkylation sites (N-methyl/N-ethyl adjacent to an activating group) is 1. The molecule has 3 rings (SSSR count). The Morgan fingerprint density at radius 2 is 1.96 bits per heavy atom. The second-order valence-electron chi connectivity index (χ2n) is 6.88. The Balaban J connectivity index is 1.59. The van der Waals surface area contributed by atoms with Crippen molar-refractivity contribution in [3.63, 3.8) is 0 Å². The summed E-state index contributed by atoms with van der Waals surface area (Å²) in [5.74, 6) is 0.114. The van der Waals surface area contributed by atoms with Crippen molar-refractivity contribution in [2.45, 2.75) is 44.9 Å². The van der Waals surface area contributed by atoms with Crippen LogP contribution in [-0.2, 0) is 16.1 Å². The fourth-order valence-corrected chi connectivity index (χ4v) is 3.75. The Morgan fingerprint density at radius 1 is 1.29 bits per heavy atom. The maximum atomic E-state index is 12.1. The second kappa shape index (κ2) is 6.92. The predicted octanol–water partition coefficient (Wildman–Crippen LogP) is 2.16. The molecule has 2 heterocycles. The fourth-order valence-electron chi connectivity index (χ4n) is 3.75. The molecule has 0 aromatic heterocycles. The van der Waals surface area contributed by atoms with Crippen molar-refractivity contribution in [1.29, 1.82) is 5.26 Å². The van der Waals surface area contributed by atoms with E-state index in [2.05, 4.69) is 11.0 Å². The molecule has 5 heteroatoms. The number of likely N-dealkylation sites (tertiary alicyclic amines) is 1. The number of hydrogen-bond donors (Lipinski definition) is 0. The highest BCUT2D eigenvalue weighted by atomic mass is 16.5. The van der Waals surface area contributed by atoms with Gasteiger partial charge in [0.15, 0.2) is 0 Å². The van der Waals surface area contributed by atoms with Crippen LogP contribution in [0.3, 0.4) is 0 Å². The van der Waals surface area contributed by atoms with Crippen molar-refractivity contribution in [2.75, 3.05) is 26.2 Å². The van der Waals surface area contributed by atoms with Gasteiger partial charge in [-0.3, -0.25) is 9.69 Å². The summed E-state index contributed by atoms with van der Waals surface area (Å²) in [7, 11) is 0. The number of ether oxygens (including phenoxy) is 1. The molecule has 1 amide bonds. The van der Waals surface area contributed by atoms with Crippen LogP contribution in [0.4, 0.5) is 0 Å². The lowest BCUT2D eigenvalue weighted by atomic mass is 9.88. The average Bonchev–Trinajstić information content (AvgIpc) is 2.61. The molecule has 0 aliphatic carbocycles. The molecule has 0 N–H and O–H groups in total. The van der Waals surface area contributed by atoms with Crippen molar-refractivity contribution in [2.24, 2.45) is 0 Å². The van der Waals surface area contributed by atoms with Gasteiger partial charge >= 0.3 is 0 Å². The highest BCUT2D eigenvalue weighted by Crippen LogP contribution is 2.33. The zero-order valence-corrected chi connectivity index (χ0v) is 14.5. The van der Waals surface area contributed by atoms with E-state index >= 15 is 0 Å². The van der Waals surface area contributed by atoms with Crippen molar-refractivity contribution in [3.8, 4) is 6.07 Å². The minimum atomic E-state index is -0.330. The van der Waals surface area contributed by atoms with Crippen LogP contribution in [0.15, 0.2) is 24.3 Å². The second-order valence-corrected chi connectivity index (χ2v) is 6.88. The van der Waals surface area contributed by atoms with E-state index in [9.17, 15) is 4.79 Å². The molecule has 0 unspecified atom stereocenters. The molecular formula is C19H25N3O2. The van der Waals surface area contributed by atoms with E-state index < -0.39 is 0 Å². The molecule has 128 valence electrons. The molecule has 1 atom stereocenters. The molecule has 2 aliphatic heterocycles. The number of benzene rings is 1. The van der Waals surface area contributed by atoms with Crippen LogP contribution in [0, 0.1) is 11.3 Å². The third-order valence-electron chi connectivity index (χ3n) is 5.20. The zero-order chi connectivity index (χ0) is 17.2. The van der Waals surface area contributed by atoms with E-state index in [0.29, 0.717) is 5.56 Å². The summed E-state index contributed by atoms with van der Waals surface area (Å²) in [5.41, 5.74) is 1.75. The van der Waals surface area contributed by atoms with Crippen molar-refractivity contribution in [3.05, 3.63) is 35.4 Å². The standard InChI is InChI=1S/C19H25N3O2/c1-3-22-14-19(24-15(2)18(22)23)8-10-21(11-9-19)13-17-6-4-16(12-20)5-7-17/h4-7,15H,3,8-11,13-14H2,1-2H3/t15-/m0/s1. The number of hydrogen-bond acceptors (Lipinski definition) is 4. The first-order valence-electron chi connectivity index (χ1n) is 8.73. The van der Waals surface area contributed by atoms with Gasteiger partial charge < -0.3 is 9.64 Å². The summed E-state index contributed by atoms with van der Waals surface area (Å²) in [5, 5.41) is 8.87. The topological polar surface area (TPSA) is 56.6 Å². The van der Waals surface area contributed by atoms with E-state index in [1.165, 1.54) is 5.56 Å². The van der Waals surface area contributed by atoms with Crippen molar-refractivity contribution >= 4 is 5.91 Å². The van der Waals surface area contributed by atoms with Crippen LogP contribution in [0.25, 0.3) is 0 Å². The van der Waals surface area contributed by atoms with Gasteiger partial charge in [-0.05, 0) is 44.4 Å². The van der Waals surface area contributed by atoms with Gasteiger partial charge in [-0.2, -0.15) is 5.26 Å². The number of nitriles is 1. The molecule has 2 aliphatic rings. The molecular weight excluding hydrogens is 302 g/mol. The van der Waals surface area contributed by atoms with Gasteiger partial charge in [-0.15, -0.1) is 0 Å². The Labute approximate surface area is 143 Å². The highest BCUT2D eigenvalue weighted by Gasteiger charge is 2.44. The van der Waals surface area contributed by atoms with E-state index in [1.807, 2.05) is 43.0 Å². The first kappa shape index (κ1) is 16.9. The lowest BCUT2D eigenvalue weighted by Gasteiger charge is -2.49. The maximum Gasteiger partial charge on any atom is 0.251 e. The predicted molar refractivity (Wildman–Crippen MR) is 91.2 cm³/mol. The molecule has 1 aromatic carbocycles. The molecule has 0 radical (unpaired) electrons. The van der Waals surface area contributed by atoms with E-state index in [-0.39, 0.29) is 17.6 Å². The van der Waals surface area contributed by atoms with Gasteiger partial charge in [0.05, 0.1) is 17.2 Å². The summed E-state index contributed by atoms with van der Waals surface area (Å²) in [6.07, 6.45) is 1.58. The summed E-state index contributed by atoms with van der Waals surface area (Å²) >= 11 is 0. The number of carbonyl (C=O) groups excluding carboxylic acids is 1. The lowest BCUT2D eigenvalue weighted by Crippen LogP contribution is -2.61. The number of amides is 1. The summed E-state index contributed by atoms with van der Waals surface area (Å²) < 4.78 is 6.13. The highest BCUT2D eigenvalue weighted by molar-refractivity contribution is 5.81. The zero-order valence-electron chi connectivity index (χ0n) is 14.5. The van der Waals surface area contributed by atoms with E-state index in [0.717, 1.165) is 45.6 Å². The molecule has 2 fully saturated rings. The van der Waals surface area contributed by atoms with Gasteiger partial charge in [-0.25, -0.2) is 0 Å². The van der Waals surface area contributed by atoms with Crippen molar-refractivity contribution in [1.82, 2.24) is 9.80 Å². The number of carbonyl (C=O) groups is 1. The lowest BCUT2D eigenvalue weighted by molar-refractivity contribution is -0.189. The smallest absolute Gasteiger partial charge is 0.251 e. The number of nitrogens with zero attached hydrogens (tertiary/aromatic N) is 3. The SMILES string of the molecule is CCN1CC2(CCN(Cc3ccc(C#N)cc3)CC2)O[C@@H](C)C1=O. The monoisotopic (exact) mass is 327 g/mol. The molecule has 24 heavy (non-hydrogen) atoms. The normalized spacial score (nSPS) is 24.1. The largest absolute Gasteiger partial charge is 0.360 e. The third kappa shape index (κ3) is 3.45. The van der Waals surface area contributed by atoms with Gasteiger partial charge in [-0.1, -0.05) is 12.1 Å². The Bertz CT molecular complexity index is 627. The minimum absolute atomic E-state index is 0.114. The first-order chi connectivity index (χ1) is 11.5. The quantitative estimate of drug-likeness (QED) is 0.854. The van der Waals surface area contributed by atoms with Crippen LogP contribution >= 0.6 is 0 Å². The fraction of sp³-hybridized carbons (Fsp3) is 0.579. The molecule has 2 saturated heterocycles. The van der Waals surface area contributed by atoms with E-state index in [4.69, 9.17) is 10.00 Å². The number of piperidine rings is 1. The third-order valence-corrected chi connectivity index (χ3v) is 5.20. The summed E-state index contributed by atoms with van der Waals surface area (Å²) in [6, 6.07) is 9.95. The molecule has 1 aromatic rings. The van der Waals surface area contributed by atoms with Crippen LogP contribution in [0.5, 0.6) is 0 Å². The van der Waals surface area contributed by atoms with Crippen LogP contribution in [0.2, 0.25) is 0 Å². The molecule has 0 bridgehead atoms. The van der Waals surface area contributed by atoms with Crippen molar-refractivity contribution < 1.29 is 9.53 Å². The van der Waals surface area contributed by atoms with Gasteiger partial charge in [0, 0.05) is 32.7 Å². The number of rotatable bonds is 3. The molecule has 1 spiro atoms. The van der Waals surface area contributed by atoms with E-state index in [1.54, 1.807) is 0 Å². The van der Waals surface area contributed by atoms with Crippen LogP contribution in [-0.4, -0.2) is 53.6 Å².